The first-order chi connectivity index (χ1) is 11.4. The quantitative estimate of drug-likeness (QED) is 0.615. The van der Waals surface area contributed by atoms with E-state index >= 15 is 0 Å². The molecule has 0 spiro atoms. The minimum Gasteiger partial charge on any atom is -0.394 e. The van der Waals surface area contributed by atoms with Gasteiger partial charge < -0.3 is 14.7 Å². The summed E-state index contributed by atoms with van der Waals surface area (Å²) < 4.78 is 5.39. The molecule has 6 nitrogen and oxygen atoms in total. The second kappa shape index (κ2) is 6.47. The molecule has 3 saturated heterocycles. The molecule has 0 aromatic rings. The lowest BCUT2D eigenvalue weighted by atomic mass is 9.88. The van der Waals surface area contributed by atoms with Crippen molar-refractivity contribution in [3.05, 3.63) is 11.6 Å². The van der Waals surface area contributed by atoms with Crippen molar-refractivity contribution >= 4 is 5.91 Å². The number of rotatable bonds is 4. The number of amides is 1. The average molecular weight is 333 g/mol. The van der Waals surface area contributed by atoms with E-state index in [0.717, 1.165) is 38.8 Å². The van der Waals surface area contributed by atoms with Gasteiger partial charge in [0.2, 0.25) is 0 Å². The molecule has 3 aliphatic heterocycles. The summed E-state index contributed by atoms with van der Waals surface area (Å²) >= 11 is 0. The Morgan fingerprint density at radius 1 is 1.38 bits per heavy atom. The molecule has 1 amide bonds. The highest BCUT2D eigenvalue weighted by Gasteiger charge is 2.54. The fraction of sp³-hybridized carbons (Fsp3) is 0.778. The molecule has 0 aromatic carbocycles. The molecule has 1 N–H and O–H groups in total. The predicted molar refractivity (Wildman–Crippen MR) is 89.1 cm³/mol. The van der Waals surface area contributed by atoms with E-state index in [2.05, 4.69) is 11.0 Å². The minimum atomic E-state index is -0.444. The van der Waals surface area contributed by atoms with Gasteiger partial charge in [0.15, 0.2) is 0 Å². The summed E-state index contributed by atoms with van der Waals surface area (Å²) in [6, 6.07) is 2.29. The van der Waals surface area contributed by atoms with Crippen LogP contribution in [0.5, 0.6) is 0 Å². The molecule has 0 aromatic heterocycles. The summed E-state index contributed by atoms with van der Waals surface area (Å²) in [7, 11) is 0. The Labute approximate surface area is 143 Å². The lowest BCUT2D eigenvalue weighted by Gasteiger charge is -2.39. The molecule has 3 rings (SSSR count). The largest absolute Gasteiger partial charge is 0.394 e. The highest BCUT2D eigenvalue weighted by Crippen LogP contribution is 2.46. The Morgan fingerprint density at radius 3 is 2.54 bits per heavy atom. The lowest BCUT2D eigenvalue weighted by Crippen LogP contribution is -2.50. The Bertz CT molecular complexity index is 565. The van der Waals surface area contributed by atoms with Gasteiger partial charge in [0.05, 0.1) is 25.4 Å². The van der Waals surface area contributed by atoms with Gasteiger partial charge in [0.1, 0.15) is 11.6 Å². The molecule has 6 heteroatoms. The monoisotopic (exact) mass is 333 g/mol. The summed E-state index contributed by atoms with van der Waals surface area (Å²) in [5.74, 6) is -0.215. The molecule has 24 heavy (non-hydrogen) atoms. The van der Waals surface area contributed by atoms with E-state index in [1.54, 1.807) is 11.0 Å². The van der Waals surface area contributed by atoms with Crippen LogP contribution in [0.1, 0.15) is 39.5 Å². The smallest absolute Gasteiger partial charge is 0.265 e. The maximum Gasteiger partial charge on any atom is 0.265 e. The summed E-state index contributed by atoms with van der Waals surface area (Å²) in [6.07, 6.45) is 5.33. The van der Waals surface area contributed by atoms with Crippen LogP contribution in [0.2, 0.25) is 0 Å². The molecule has 3 fully saturated rings. The minimum absolute atomic E-state index is 0.0131. The van der Waals surface area contributed by atoms with E-state index in [9.17, 15) is 15.2 Å². The highest BCUT2D eigenvalue weighted by atomic mass is 16.5. The Balaban J connectivity index is 1.83. The fourth-order valence-corrected chi connectivity index (χ4v) is 4.50. The Morgan fingerprint density at radius 2 is 2.00 bits per heavy atom. The van der Waals surface area contributed by atoms with Crippen LogP contribution < -0.4 is 0 Å². The van der Waals surface area contributed by atoms with Crippen molar-refractivity contribution in [2.45, 2.75) is 56.7 Å². The third-order valence-corrected chi connectivity index (χ3v) is 5.95. The first-order valence-electron chi connectivity index (χ1n) is 8.84. The number of nitrogens with zero attached hydrogens (tertiary/aromatic N) is 3. The van der Waals surface area contributed by atoms with Crippen LogP contribution in [0.4, 0.5) is 0 Å². The summed E-state index contributed by atoms with van der Waals surface area (Å²) in [6.45, 7) is 6.99. The number of carbonyl (C=O) groups excluding carboxylic acids is 1. The maximum absolute atomic E-state index is 13.0. The van der Waals surface area contributed by atoms with Gasteiger partial charge in [-0.15, -0.1) is 0 Å². The normalized spacial score (nSPS) is 31.3. The van der Waals surface area contributed by atoms with Crippen molar-refractivity contribution in [1.29, 1.82) is 5.26 Å². The van der Waals surface area contributed by atoms with Crippen LogP contribution in [0.15, 0.2) is 11.6 Å². The number of hydrogen-bond acceptors (Lipinski definition) is 5. The van der Waals surface area contributed by atoms with E-state index < -0.39 is 5.54 Å². The SMILES string of the molecule is CC(C)(/C=C(/C#N)C(=O)N1C2CCC1(CO)CC2)N1CCOCC1. The number of fused-ring (bicyclic) bond motifs is 2. The van der Waals surface area contributed by atoms with Gasteiger partial charge in [-0.25, -0.2) is 0 Å². The second-order valence-electron chi connectivity index (χ2n) is 7.71. The van der Waals surface area contributed by atoms with Gasteiger partial charge in [0, 0.05) is 24.7 Å². The van der Waals surface area contributed by atoms with Gasteiger partial charge >= 0.3 is 0 Å². The van der Waals surface area contributed by atoms with Gasteiger partial charge in [-0.2, -0.15) is 5.26 Å². The number of nitriles is 1. The standard InChI is InChI=1S/C18H27N3O3/c1-17(2,20-7-9-24-10-8-20)11-14(12-19)16(23)21-15-3-5-18(21,13-22)6-4-15/h11,15,22H,3-10,13H2,1-2H3/b14-11-. The van der Waals surface area contributed by atoms with Crippen LogP contribution in [0.25, 0.3) is 0 Å². The number of aliphatic hydroxyl groups is 1. The molecule has 132 valence electrons. The summed E-state index contributed by atoms with van der Waals surface area (Å²) in [5.41, 5.74) is -0.630. The van der Waals surface area contributed by atoms with E-state index in [1.165, 1.54) is 0 Å². The van der Waals surface area contributed by atoms with Crippen LogP contribution in [0, 0.1) is 11.3 Å². The molecule has 0 radical (unpaired) electrons. The Hall–Kier alpha value is -1.42. The van der Waals surface area contributed by atoms with Crippen LogP contribution in [0.3, 0.4) is 0 Å². The predicted octanol–water partition coefficient (Wildman–Crippen LogP) is 1.06. The van der Waals surface area contributed by atoms with Crippen molar-refractivity contribution in [3.8, 4) is 6.07 Å². The summed E-state index contributed by atoms with van der Waals surface area (Å²) in [5, 5.41) is 19.4. The molecule has 0 unspecified atom stereocenters. The molecule has 0 saturated carbocycles. The molecule has 2 bridgehead atoms. The van der Waals surface area contributed by atoms with Crippen LogP contribution >= 0.6 is 0 Å². The topological polar surface area (TPSA) is 76.8 Å². The van der Waals surface area contributed by atoms with Crippen molar-refractivity contribution in [3.63, 3.8) is 0 Å². The van der Waals surface area contributed by atoms with Gasteiger partial charge in [-0.05, 0) is 45.6 Å². The molecule has 0 atom stereocenters. The Kier molecular flexibility index (Phi) is 4.69. The van der Waals surface area contributed by atoms with E-state index in [0.29, 0.717) is 13.2 Å². The first kappa shape index (κ1) is 17.4. The zero-order chi connectivity index (χ0) is 17.4. The zero-order valence-corrected chi connectivity index (χ0v) is 14.6. The van der Waals surface area contributed by atoms with Gasteiger partial charge in [0.25, 0.3) is 5.91 Å². The highest BCUT2D eigenvalue weighted by molar-refractivity contribution is 5.98. The number of aliphatic hydroxyl groups excluding tert-OH is 1. The lowest BCUT2D eigenvalue weighted by molar-refractivity contribution is -0.132. The zero-order valence-electron chi connectivity index (χ0n) is 14.6. The van der Waals surface area contributed by atoms with Gasteiger partial charge in [-0.1, -0.05) is 0 Å². The third kappa shape index (κ3) is 2.85. The van der Waals surface area contributed by atoms with E-state index in [1.807, 2.05) is 13.8 Å². The first-order valence-corrected chi connectivity index (χ1v) is 8.84. The third-order valence-electron chi connectivity index (χ3n) is 5.95. The van der Waals surface area contributed by atoms with Crippen LogP contribution in [-0.2, 0) is 9.53 Å². The average Bonchev–Trinajstić information content (AvgIpc) is 3.16. The molecular weight excluding hydrogens is 306 g/mol. The van der Waals surface area contributed by atoms with Crippen molar-refractivity contribution in [2.24, 2.45) is 0 Å². The number of morpholine rings is 1. The molecular formula is C18H27N3O3. The van der Waals surface area contributed by atoms with Crippen molar-refractivity contribution in [2.75, 3.05) is 32.9 Å². The number of ether oxygens (including phenoxy) is 1. The molecule has 3 heterocycles. The van der Waals surface area contributed by atoms with Crippen molar-refractivity contribution in [1.82, 2.24) is 9.80 Å². The summed E-state index contributed by atoms with van der Waals surface area (Å²) in [4.78, 5) is 17.1. The maximum atomic E-state index is 13.0. The second-order valence-corrected chi connectivity index (χ2v) is 7.71. The van der Waals surface area contributed by atoms with Crippen molar-refractivity contribution < 1.29 is 14.6 Å². The van der Waals surface area contributed by atoms with E-state index in [-0.39, 0.29) is 29.7 Å². The fourth-order valence-electron chi connectivity index (χ4n) is 4.50. The van der Waals surface area contributed by atoms with Crippen LogP contribution in [-0.4, -0.2) is 70.8 Å². The number of carbonyl (C=O) groups is 1. The molecule has 3 aliphatic rings. The van der Waals surface area contributed by atoms with Gasteiger partial charge in [-0.3, -0.25) is 9.69 Å². The number of hydrogen-bond donors (Lipinski definition) is 1. The van der Waals surface area contributed by atoms with E-state index in [4.69, 9.17) is 4.74 Å². The molecule has 0 aliphatic carbocycles.